The lowest BCUT2D eigenvalue weighted by atomic mass is 10.1. The van der Waals surface area contributed by atoms with Crippen molar-refractivity contribution >= 4 is 27.6 Å². The molecule has 0 spiro atoms. The number of carbonyl (C=O) groups excluding carboxylic acids is 2. The highest BCUT2D eigenvalue weighted by Gasteiger charge is 2.21. The van der Waals surface area contributed by atoms with Crippen LogP contribution in [0.4, 0.5) is 5.69 Å². The van der Waals surface area contributed by atoms with E-state index in [1.54, 1.807) is 26.0 Å². The predicted molar refractivity (Wildman–Crippen MR) is 111 cm³/mol. The molecule has 0 aliphatic heterocycles. The van der Waals surface area contributed by atoms with E-state index in [4.69, 9.17) is 4.74 Å². The molecule has 29 heavy (non-hydrogen) atoms. The van der Waals surface area contributed by atoms with Crippen LogP contribution in [0.2, 0.25) is 0 Å². The number of carbonyl (C=O) groups is 2. The number of anilines is 1. The lowest BCUT2D eigenvalue weighted by Crippen LogP contribution is -2.39. The first-order chi connectivity index (χ1) is 13.5. The Kier molecular flexibility index (Phi) is 7.02. The van der Waals surface area contributed by atoms with Gasteiger partial charge in [-0.3, -0.25) is 9.52 Å². The Bertz CT molecular complexity index is 998. The average Bonchev–Trinajstić information content (AvgIpc) is 2.64. The number of amides is 1. The number of aryl methyl sites for hydroxylation is 1. The fraction of sp³-hybridized carbons (Fsp3) is 0.333. The van der Waals surface area contributed by atoms with E-state index >= 15 is 0 Å². The van der Waals surface area contributed by atoms with Crippen molar-refractivity contribution in [3.63, 3.8) is 0 Å². The highest BCUT2D eigenvalue weighted by molar-refractivity contribution is 7.92. The molecule has 156 valence electrons. The molecule has 0 bridgehead atoms. The van der Waals surface area contributed by atoms with Gasteiger partial charge in [0.25, 0.3) is 15.9 Å². The van der Waals surface area contributed by atoms with Gasteiger partial charge < -0.3 is 10.1 Å². The van der Waals surface area contributed by atoms with E-state index in [9.17, 15) is 18.0 Å². The van der Waals surface area contributed by atoms with Gasteiger partial charge in [0.1, 0.15) is 0 Å². The summed E-state index contributed by atoms with van der Waals surface area (Å²) < 4.78 is 33.0. The van der Waals surface area contributed by atoms with Gasteiger partial charge in [-0.25, -0.2) is 13.2 Å². The molecular weight excluding hydrogens is 392 g/mol. The predicted octanol–water partition coefficient (Wildman–Crippen LogP) is 3.17. The van der Waals surface area contributed by atoms with Crippen LogP contribution in [0.5, 0.6) is 0 Å². The molecule has 1 amide bonds. The van der Waals surface area contributed by atoms with Crippen molar-refractivity contribution in [2.24, 2.45) is 0 Å². The van der Waals surface area contributed by atoms with Crippen LogP contribution < -0.4 is 10.0 Å². The number of ether oxygens (including phenoxy) is 1. The Morgan fingerprint density at radius 1 is 0.966 bits per heavy atom. The summed E-state index contributed by atoms with van der Waals surface area (Å²) in [4.78, 5) is 24.1. The summed E-state index contributed by atoms with van der Waals surface area (Å²) >= 11 is 0. The maximum Gasteiger partial charge on any atom is 0.338 e. The lowest BCUT2D eigenvalue weighted by molar-refractivity contribution is -0.129. The number of rotatable bonds is 7. The Morgan fingerprint density at radius 2 is 1.59 bits per heavy atom. The van der Waals surface area contributed by atoms with Crippen LogP contribution in [-0.2, 0) is 19.6 Å². The zero-order valence-corrected chi connectivity index (χ0v) is 18.0. The first kappa shape index (κ1) is 22.4. The van der Waals surface area contributed by atoms with Crippen LogP contribution in [0.15, 0.2) is 47.4 Å². The van der Waals surface area contributed by atoms with Gasteiger partial charge in [0.2, 0.25) is 0 Å². The fourth-order valence-electron chi connectivity index (χ4n) is 2.52. The summed E-state index contributed by atoms with van der Waals surface area (Å²) in [5.41, 5.74) is 2.46. The van der Waals surface area contributed by atoms with Crippen LogP contribution in [0.25, 0.3) is 0 Å². The quantitative estimate of drug-likeness (QED) is 0.673. The van der Waals surface area contributed by atoms with Crippen LogP contribution in [0.1, 0.15) is 42.3 Å². The van der Waals surface area contributed by atoms with Gasteiger partial charge in [0.15, 0.2) is 6.10 Å². The Balaban J connectivity index is 2.11. The second-order valence-electron chi connectivity index (χ2n) is 7.09. The molecule has 0 fully saturated rings. The van der Waals surface area contributed by atoms with Crippen molar-refractivity contribution < 1.29 is 22.7 Å². The van der Waals surface area contributed by atoms with Crippen molar-refractivity contribution in [3.8, 4) is 0 Å². The van der Waals surface area contributed by atoms with Gasteiger partial charge >= 0.3 is 5.97 Å². The molecule has 0 aromatic heterocycles. The molecule has 0 radical (unpaired) electrons. The molecule has 0 saturated heterocycles. The number of hydrogen-bond acceptors (Lipinski definition) is 5. The van der Waals surface area contributed by atoms with Crippen molar-refractivity contribution in [1.82, 2.24) is 5.32 Å². The molecule has 2 rings (SSSR count). The summed E-state index contributed by atoms with van der Waals surface area (Å²) in [6, 6.07) is 10.6. The molecule has 0 aliphatic rings. The minimum absolute atomic E-state index is 0.0144. The standard InChI is InChI=1S/C21H26N2O5S/c1-13(2)22-20(24)16(5)28-21(25)17-9-11-18(12-10-17)29(26,27)23-19-8-6-7-14(3)15(19)4/h6-13,16,23H,1-5H3,(H,22,24)/t16-/m0/s1. The molecule has 2 aromatic rings. The molecule has 2 aromatic carbocycles. The van der Waals surface area contributed by atoms with Gasteiger partial charge in [0.05, 0.1) is 16.1 Å². The van der Waals surface area contributed by atoms with Crippen molar-refractivity contribution in [2.75, 3.05) is 4.72 Å². The third kappa shape index (κ3) is 5.80. The summed E-state index contributed by atoms with van der Waals surface area (Å²) in [6.07, 6.45) is -0.959. The van der Waals surface area contributed by atoms with Crippen molar-refractivity contribution in [2.45, 2.75) is 51.7 Å². The molecule has 1 atom stereocenters. The summed E-state index contributed by atoms with van der Waals surface area (Å²) in [5, 5.41) is 2.66. The van der Waals surface area contributed by atoms with Crippen LogP contribution in [0.3, 0.4) is 0 Å². The molecule has 0 aliphatic carbocycles. The Hall–Kier alpha value is -2.87. The topological polar surface area (TPSA) is 102 Å². The molecular formula is C21H26N2O5S. The monoisotopic (exact) mass is 418 g/mol. The second kappa shape index (κ2) is 9.09. The normalized spacial score (nSPS) is 12.3. The Labute approximate surface area is 171 Å². The van der Waals surface area contributed by atoms with Gasteiger partial charge in [-0.15, -0.1) is 0 Å². The van der Waals surface area contributed by atoms with E-state index in [1.165, 1.54) is 31.2 Å². The number of hydrogen-bond donors (Lipinski definition) is 2. The number of sulfonamides is 1. The SMILES string of the molecule is Cc1cccc(NS(=O)(=O)c2ccc(C(=O)O[C@@H](C)C(=O)NC(C)C)cc2)c1C. The van der Waals surface area contributed by atoms with Gasteiger partial charge in [-0.05, 0) is 76.1 Å². The first-order valence-corrected chi connectivity index (χ1v) is 10.7. The molecule has 2 N–H and O–H groups in total. The van der Waals surface area contributed by atoms with E-state index in [2.05, 4.69) is 10.0 Å². The van der Waals surface area contributed by atoms with E-state index in [0.29, 0.717) is 5.69 Å². The number of benzene rings is 2. The summed E-state index contributed by atoms with van der Waals surface area (Å²) in [5.74, 6) is -1.10. The molecule has 0 saturated carbocycles. The zero-order chi connectivity index (χ0) is 21.8. The van der Waals surface area contributed by atoms with E-state index < -0.39 is 28.0 Å². The highest BCUT2D eigenvalue weighted by Crippen LogP contribution is 2.22. The van der Waals surface area contributed by atoms with Gasteiger partial charge in [-0.1, -0.05) is 12.1 Å². The van der Waals surface area contributed by atoms with Crippen LogP contribution in [0, 0.1) is 13.8 Å². The largest absolute Gasteiger partial charge is 0.449 e. The number of nitrogens with one attached hydrogen (secondary N) is 2. The minimum atomic E-state index is -3.81. The third-order valence-electron chi connectivity index (χ3n) is 4.33. The molecule has 0 unspecified atom stereocenters. The third-order valence-corrected chi connectivity index (χ3v) is 5.71. The first-order valence-electron chi connectivity index (χ1n) is 9.21. The van der Waals surface area contributed by atoms with E-state index in [-0.39, 0.29) is 16.5 Å². The molecule has 7 nitrogen and oxygen atoms in total. The zero-order valence-electron chi connectivity index (χ0n) is 17.1. The highest BCUT2D eigenvalue weighted by atomic mass is 32.2. The fourth-order valence-corrected chi connectivity index (χ4v) is 3.64. The van der Waals surface area contributed by atoms with Crippen molar-refractivity contribution in [1.29, 1.82) is 0 Å². The van der Waals surface area contributed by atoms with Crippen LogP contribution in [-0.4, -0.2) is 32.4 Å². The summed E-state index contributed by atoms with van der Waals surface area (Å²) in [7, 11) is -3.81. The van der Waals surface area contributed by atoms with Gasteiger partial charge in [-0.2, -0.15) is 0 Å². The second-order valence-corrected chi connectivity index (χ2v) is 8.77. The molecule has 0 heterocycles. The lowest BCUT2D eigenvalue weighted by Gasteiger charge is -2.15. The van der Waals surface area contributed by atoms with Crippen molar-refractivity contribution in [3.05, 3.63) is 59.2 Å². The van der Waals surface area contributed by atoms with E-state index in [0.717, 1.165) is 11.1 Å². The molecule has 8 heteroatoms. The Morgan fingerprint density at radius 3 is 2.17 bits per heavy atom. The number of esters is 1. The van der Waals surface area contributed by atoms with Gasteiger partial charge in [0, 0.05) is 6.04 Å². The van der Waals surface area contributed by atoms with E-state index in [1.807, 2.05) is 19.9 Å². The average molecular weight is 419 g/mol. The van der Waals surface area contributed by atoms with Crippen LogP contribution >= 0.6 is 0 Å². The maximum atomic E-state index is 12.6. The maximum absolute atomic E-state index is 12.6. The minimum Gasteiger partial charge on any atom is -0.449 e. The smallest absolute Gasteiger partial charge is 0.338 e. The summed E-state index contributed by atoms with van der Waals surface area (Å²) in [6.45, 7) is 8.82.